The average Bonchev–Trinajstić information content (AvgIpc) is 3.31. The quantitative estimate of drug-likeness (QED) is 0.0199. The van der Waals surface area contributed by atoms with Crippen molar-refractivity contribution in [1.29, 1.82) is 0 Å². The molecule has 372 valence electrons. The maximum absolute atomic E-state index is 12.8. The molecule has 0 aliphatic rings. The molecule has 1 unspecified atom stereocenters. The third-order valence-electron chi connectivity index (χ3n) is 10.8. The number of allylic oxidation sites excluding steroid dienone is 20. The second kappa shape index (κ2) is 53.4. The van der Waals surface area contributed by atoms with Crippen molar-refractivity contribution in [2.75, 3.05) is 13.2 Å². The van der Waals surface area contributed by atoms with Gasteiger partial charge in [-0.15, -0.1) is 0 Å². The monoisotopic (exact) mass is 913 g/mol. The minimum absolute atomic E-state index is 0.101. The third kappa shape index (κ3) is 50.8. The number of hydrogen-bond acceptors (Lipinski definition) is 6. The van der Waals surface area contributed by atoms with Gasteiger partial charge in [-0.25, -0.2) is 0 Å². The van der Waals surface area contributed by atoms with Crippen molar-refractivity contribution < 1.29 is 28.6 Å². The van der Waals surface area contributed by atoms with Crippen LogP contribution in [0.2, 0.25) is 0 Å². The van der Waals surface area contributed by atoms with Crippen LogP contribution in [-0.4, -0.2) is 37.2 Å². The number of carbonyl (C=O) groups excluding carboxylic acids is 3. The van der Waals surface area contributed by atoms with E-state index in [0.29, 0.717) is 12.8 Å². The molecule has 66 heavy (non-hydrogen) atoms. The maximum atomic E-state index is 12.8. The van der Waals surface area contributed by atoms with Crippen molar-refractivity contribution >= 4 is 17.9 Å². The van der Waals surface area contributed by atoms with Gasteiger partial charge in [-0.05, 0) is 83.5 Å². The van der Waals surface area contributed by atoms with Crippen molar-refractivity contribution in [1.82, 2.24) is 0 Å². The normalized spacial score (nSPS) is 13.1. The second-order valence-corrected chi connectivity index (χ2v) is 17.2. The molecule has 0 aromatic heterocycles. The van der Waals surface area contributed by atoms with Gasteiger partial charge in [0, 0.05) is 19.3 Å². The molecule has 0 bridgehead atoms. The average molecular weight is 913 g/mol. The zero-order valence-corrected chi connectivity index (χ0v) is 42.4. The summed E-state index contributed by atoms with van der Waals surface area (Å²) in [6, 6.07) is 0. The van der Waals surface area contributed by atoms with Gasteiger partial charge in [0.1, 0.15) is 13.2 Å². The summed E-state index contributed by atoms with van der Waals surface area (Å²) >= 11 is 0. The van der Waals surface area contributed by atoms with Crippen LogP contribution in [0.3, 0.4) is 0 Å². The summed E-state index contributed by atoms with van der Waals surface area (Å²) in [7, 11) is 0. The van der Waals surface area contributed by atoms with Crippen molar-refractivity contribution in [2.45, 2.75) is 226 Å². The van der Waals surface area contributed by atoms with Crippen LogP contribution in [0.15, 0.2) is 122 Å². The van der Waals surface area contributed by atoms with E-state index in [1.807, 2.05) is 36.5 Å². The van der Waals surface area contributed by atoms with Gasteiger partial charge in [0.15, 0.2) is 6.10 Å². The highest BCUT2D eigenvalue weighted by molar-refractivity contribution is 5.71. The lowest BCUT2D eigenvalue weighted by Crippen LogP contribution is -2.30. The fraction of sp³-hybridized carbons (Fsp3) is 0.617. The zero-order valence-electron chi connectivity index (χ0n) is 42.4. The lowest BCUT2D eigenvalue weighted by Gasteiger charge is -2.18. The number of carbonyl (C=O) groups is 3. The first-order valence-electron chi connectivity index (χ1n) is 26.6. The minimum atomic E-state index is -0.807. The first-order chi connectivity index (χ1) is 32.5. The molecule has 6 nitrogen and oxygen atoms in total. The second-order valence-electron chi connectivity index (χ2n) is 17.2. The highest BCUT2D eigenvalue weighted by Crippen LogP contribution is 2.14. The van der Waals surface area contributed by atoms with Crippen LogP contribution in [0.1, 0.15) is 220 Å². The molecule has 0 aromatic rings. The molecular formula is C60H96O6. The van der Waals surface area contributed by atoms with Crippen molar-refractivity contribution in [3.05, 3.63) is 122 Å². The van der Waals surface area contributed by atoms with Crippen molar-refractivity contribution in [3.63, 3.8) is 0 Å². The number of ether oxygens (including phenoxy) is 3. The smallest absolute Gasteiger partial charge is 0.306 e. The van der Waals surface area contributed by atoms with Gasteiger partial charge in [0.25, 0.3) is 0 Å². The van der Waals surface area contributed by atoms with Crippen LogP contribution in [0.4, 0.5) is 0 Å². The van der Waals surface area contributed by atoms with Gasteiger partial charge in [-0.2, -0.15) is 0 Å². The fourth-order valence-electron chi connectivity index (χ4n) is 6.85. The molecule has 0 N–H and O–H groups in total. The largest absolute Gasteiger partial charge is 0.462 e. The molecular weight excluding hydrogens is 817 g/mol. The molecule has 0 aliphatic carbocycles. The van der Waals surface area contributed by atoms with Crippen molar-refractivity contribution in [3.8, 4) is 0 Å². The van der Waals surface area contributed by atoms with E-state index in [9.17, 15) is 14.4 Å². The summed E-state index contributed by atoms with van der Waals surface area (Å²) in [6.45, 7) is 6.37. The van der Waals surface area contributed by atoms with Crippen LogP contribution in [0, 0.1) is 0 Å². The Morgan fingerprint density at radius 2 is 0.682 bits per heavy atom. The predicted molar refractivity (Wildman–Crippen MR) is 283 cm³/mol. The molecule has 0 rings (SSSR count). The highest BCUT2D eigenvalue weighted by Gasteiger charge is 2.19. The molecule has 0 fully saturated rings. The van der Waals surface area contributed by atoms with E-state index in [2.05, 4.69) is 106 Å². The summed E-state index contributed by atoms with van der Waals surface area (Å²) in [5.41, 5.74) is 0. The van der Waals surface area contributed by atoms with E-state index in [1.165, 1.54) is 57.8 Å². The summed E-state index contributed by atoms with van der Waals surface area (Å²) < 4.78 is 16.8. The lowest BCUT2D eigenvalue weighted by molar-refractivity contribution is -0.167. The van der Waals surface area contributed by atoms with Gasteiger partial charge < -0.3 is 14.2 Å². The Morgan fingerprint density at radius 1 is 0.333 bits per heavy atom. The first kappa shape index (κ1) is 61.8. The Labute approximate surface area is 405 Å². The van der Waals surface area contributed by atoms with E-state index in [1.54, 1.807) is 0 Å². The van der Waals surface area contributed by atoms with Crippen LogP contribution < -0.4 is 0 Å². The van der Waals surface area contributed by atoms with Crippen molar-refractivity contribution in [2.24, 2.45) is 0 Å². The standard InChI is InChI=1S/C60H96O6/c1-4-7-10-13-16-19-22-24-26-28-30-32-33-35-38-41-44-47-50-53-59(62)65-56-57(55-64-58(61)52-49-46-43-40-37-21-18-15-12-9-6-3)66-60(63)54-51-48-45-42-39-36-34-31-29-27-25-23-20-17-14-11-8-5-2/h7,10-11,14,16-17,19-20,23-27,29-32,34-35,38,57H,4-6,8-9,12-13,15,18,21-22,28,33,36-37,39-56H2,1-3H3/b10-7-,14-11-,19-16-,20-17-,25-23-,26-24-,29-27-,32-30-,34-31-,38-35-. The predicted octanol–water partition coefficient (Wildman–Crippen LogP) is 17.7. The number of hydrogen-bond donors (Lipinski definition) is 0. The Bertz CT molecular complexity index is 1420. The number of rotatable bonds is 46. The molecule has 0 aromatic carbocycles. The number of unbranched alkanes of at least 4 members (excludes halogenated alkanes) is 19. The van der Waals surface area contributed by atoms with E-state index in [4.69, 9.17) is 14.2 Å². The molecule has 0 saturated carbocycles. The van der Waals surface area contributed by atoms with Gasteiger partial charge >= 0.3 is 17.9 Å². The van der Waals surface area contributed by atoms with E-state index < -0.39 is 6.10 Å². The maximum Gasteiger partial charge on any atom is 0.306 e. The summed E-state index contributed by atoms with van der Waals surface area (Å²) in [5.74, 6) is -0.966. The SMILES string of the molecule is CC/C=C\C/C=C\C/C=C\C/C=C\C/C=C\CCCCCC(=O)OCC(COC(=O)CCCCCCCCCCCCC)OC(=O)CCCCCCC\C=C/C=C\C=C/C=C\C=C/CCC. The Kier molecular flexibility index (Phi) is 50.0. The van der Waals surface area contributed by atoms with Gasteiger partial charge in [0.2, 0.25) is 0 Å². The van der Waals surface area contributed by atoms with E-state index in [0.717, 1.165) is 122 Å². The first-order valence-corrected chi connectivity index (χ1v) is 26.6. The Hall–Kier alpha value is -4.19. The molecule has 0 amide bonds. The van der Waals surface area contributed by atoms with Crippen LogP contribution in [-0.2, 0) is 28.6 Å². The third-order valence-corrected chi connectivity index (χ3v) is 10.8. The van der Waals surface area contributed by atoms with Crippen LogP contribution >= 0.6 is 0 Å². The molecule has 0 saturated heterocycles. The van der Waals surface area contributed by atoms with E-state index >= 15 is 0 Å². The van der Waals surface area contributed by atoms with E-state index in [-0.39, 0.29) is 37.5 Å². The molecule has 0 aliphatic heterocycles. The summed E-state index contributed by atoms with van der Waals surface area (Å²) in [4.78, 5) is 38.0. The highest BCUT2D eigenvalue weighted by atomic mass is 16.6. The topological polar surface area (TPSA) is 78.9 Å². The van der Waals surface area contributed by atoms with Gasteiger partial charge in [-0.3, -0.25) is 14.4 Å². The van der Waals surface area contributed by atoms with Gasteiger partial charge in [0.05, 0.1) is 0 Å². The molecule has 1 atom stereocenters. The fourth-order valence-corrected chi connectivity index (χ4v) is 6.85. The Balaban J connectivity index is 4.51. The molecule has 0 heterocycles. The van der Waals surface area contributed by atoms with Crippen LogP contribution in [0.5, 0.6) is 0 Å². The molecule has 6 heteroatoms. The molecule has 0 spiro atoms. The number of esters is 3. The van der Waals surface area contributed by atoms with Crippen LogP contribution in [0.25, 0.3) is 0 Å². The molecule has 0 radical (unpaired) electrons. The van der Waals surface area contributed by atoms with Gasteiger partial charge in [-0.1, -0.05) is 239 Å². The Morgan fingerprint density at radius 3 is 1.14 bits per heavy atom. The minimum Gasteiger partial charge on any atom is -0.462 e. The summed E-state index contributed by atoms with van der Waals surface area (Å²) in [6.07, 6.45) is 73.2. The summed E-state index contributed by atoms with van der Waals surface area (Å²) in [5, 5.41) is 0. The lowest BCUT2D eigenvalue weighted by atomic mass is 10.1. The zero-order chi connectivity index (χ0) is 47.9.